The van der Waals surface area contributed by atoms with Crippen LogP contribution in [0.15, 0.2) is 76.7 Å². The summed E-state index contributed by atoms with van der Waals surface area (Å²) in [4.78, 5) is 31.5. The van der Waals surface area contributed by atoms with Crippen molar-refractivity contribution in [1.82, 2.24) is 0 Å². The topological polar surface area (TPSA) is 194 Å². The number of hydrogen-bond donors (Lipinski definition) is 3. The van der Waals surface area contributed by atoms with E-state index in [-0.39, 0.29) is 22.6 Å². The number of benzene rings is 3. The van der Waals surface area contributed by atoms with Crippen LogP contribution >= 0.6 is 0 Å². The molecule has 0 saturated heterocycles. The highest BCUT2D eigenvalue weighted by Gasteiger charge is 2.24. The quantitative estimate of drug-likeness (QED) is 0.231. The predicted octanol–water partition coefficient (Wildman–Crippen LogP) is 3.45. The molecule has 0 atom stereocenters. The van der Waals surface area contributed by atoms with Crippen molar-refractivity contribution in [3.8, 4) is 0 Å². The number of para-hydroxylation sites is 1. The molecule has 3 aromatic carbocycles. The van der Waals surface area contributed by atoms with Crippen LogP contribution in [0.25, 0.3) is 0 Å². The lowest BCUT2D eigenvalue weighted by Crippen LogP contribution is -2.17. The van der Waals surface area contributed by atoms with Crippen LogP contribution in [-0.2, 0) is 10.0 Å². The largest absolute Gasteiger partial charge is 0.478 e. The molecule has 0 fully saturated rings. The van der Waals surface area contributed by atoms with Gasteiger partial charge < -0.3 is 5.11 Å². The maximum atomic E-state index is 13.0. The second-order valence-electron chi connectivity index (χ2n) is 6.62. The van der Waals surface area contributed by atoms with Crippen molar-refractivity contribution in [3.05, 3.63) is 98.1 Å². The fourth-order valence-electron chi connectivity index (χ4n) is 2.79. The Kier molecular flexibility index (Phi) is 6.82. The Morgan fingerprint density at radius 1 is 0.912 bits per heavy atom. The minimum atomic E-state index is -4.51. The van der Waals surface area contributed by atoms with Crippen molar-refractivity contribution in [2.75, 3.05) is 10.1 Å². The SMILES string of the molecule is O=C(O)c1ccccc1NS(=O)(=O)c1cc([N+](=O)[O-])ccc1NN=Cc1cccc([N+](=O)[O-])c1. The number of sulfonamides is 1. The number of anilines is 2. The molecule has 0 aromatic heterocycles. The van der Waals surface area contributed by atoms with Gasteiger partial charge in [-0.05, 0) is 18.2 Å². The van der Waals surface area contributed by atoms with Crippen molar-refractivity contribution < 1.29 is 28.2 Å². The summed E-state index contributed by atoms with van der Waals surface area (Å²) in [5, 5.41) is 35.2. The fraction of sp³-hybridized carbons (Fsp3) is 0. The summed E-state index contributed by atoms with van der Waals surface area (Å²) in [5.74, 6) is -1.38. The zero-order chi connectivity index (χ0) is 24.9. The average molecular weight is 485 g/mol. The summed E-state index contributed by atoms with van der Waals surface area (Å²) < 4.78 is 28.2. The van der Waals surface area contributed by atoms with Gasteiger partial charge in [-0.25, -0.2) is 13.2 Å². The van der Waals surface area contributed by atoms with Gasteiger partial charge in [0.05, 0.1) is 33.0 Å². The first-order chi connectivity index (χ1) is 16.1. The molecule has 0 unspecified atom stereocenters. The summed E-state index contributed by atoms with van der Waals surface area (Å²) in [7, 11) is -4.51. The van der Waals surface area contributed by atoms with Crippen LogP contribution in [0, 0.1) is 20.2 Å². The van der Waals surface area contributed by atoms with Crippen LogP contribution in [0.2, 0.25) is 0 Å². The number of carboxylic acids is 1. The van der Waals surface area contributed by atoms with Crippen molar-refractivity contribution in [3.63, 3.8) is 0 Å². The maximum absolute atomic E-state index is 13.0. The molecule has 0 aliphatic heterocycles. The van der Waals surface area contributed by atoms with E-state index in [9.17, 15) is 38.5 Å². The minimum absolute atomic E-state index is 0.160. The molecule has 3 rings (SSSR count). The molecule has 3 N–H and O–H groups in total. The molecular formula is C20H15N5O8S. The molecule has 0 aliphatic rings. The van der Waals surface area contributed by atoms with Crippen molar-refractivity contribution in [1.29, 1.82) is 0 Å². The molecule has 0 radical (unpaired) electrons. The summed E-state index contributed by atoms with van der Waals surface area (Å²) in [6.07, 6.45) is 1.19. The summed E-state index contributed by atoms with van der Waals surface area (Å²) in [6.45, 7) is 0. The van der Waals surface area contributed by atoms with E-state index in [1.165, 1.54) is 54.7 Å². The van der Waals surface area contributed by atoms with Crippen molar-refractivity contribution in [2.24, 2.45) is 5.10 Å². The number of aromatic carboxylic acids is 1. The number of hydrazone groups is 1. The lowest BCUT2D eigenvalue weighted by Gasteiger charge is -2.13. The standard InChI is InChI=1S/C20H15N5O8S/c26-20(27)16-6-1-2-7-17(16)23-34(32,33)19-11-15(25(30)31)8-9-18(19)22-21-12-13-4-3-5-14(10-13)24(28)29/h1-12,22-23H,(H,26,27). The number of nitrogens with one attached hydrogen (secondary N) is 2. The van der Waals surface area contributed by atoms with Crippen LogP contribution in [0.3, 0.4) is 0 Å². The average Bonchev–Trinajstić information content (AvgIpc) is 2.79. The normalized spacial score (nSPS) is 11.2. The zero-order valence-electron chi connectivity index (χ0n) is 17.0. The Labute approximate surface area is 191 Å². The lowest BCUT2D eigenvalue weighted by atomic mass is 10.2. The monoisotopic (exact) mass is 485 g/mol. The number of nitrogens with zero attached hydrogens (tertiary/aromatic N) is 3. The van der Waals surface area contributed by atoms with Gasteiger partial charge in [0.2, 0.25) is 0 Å². The van der Waals surface area contributed by atoms with E-state index in [2.05, 4.69) is 15.2 Å². The number of non-ortho nitro benzene ring substituents is 2. The second kappa shape index (κ2) is 9.74. The highest BCUT2D eigenvalue weighted by molar-refractivity contribution is 7.93. The van der Waals surface area contributed by atoms with Gasteiger partial charge >= 0.3 is 5.97 Å². The molecule has 3 aromatic rings. The van der Waals surface area contributed by atoms with Crippen LogP contribution < -0.4 is 10.1 Å². The molecule has 14 heteroatoms. The van der Waals surface area contributed by atoms with E-state index in [1.807, 2.05) is 0 Å². The maximum Gasteiger partial charge on any atom is 0.337 e. The van der Waals surface area contributed by atoms with Crippen LogP contribution in [0.5, 0.6) is 0 Å². The Hall–Kier alpha value is -4.85. The van der Waals surface area contributed by atoms with Crippen LogP contribution in [-0.4, -0.2) is 35.6 Å². The van der Waals surface area contributed by atoms with E-state index in [4.69, 9.17) is 0 Å². The molecule has 34 heavy (non-hydrogen) atoms. The first-order valence-corrected chi connectivity index (χ1v) is 10.7. The zero-order valence-corrected chi connectivity index (χ0v) is 17.8. The van der Waals surface area contributed by atoms with E-state index in [1.54, 1.807) is 0 Å². The number of nitro benzene ring substituents is 2. The highest BCUT2D eigenvalue weighted by atomic mass is 32.2. The van der Waals surface area contributed by atoms with Gasteiger partial charge in [-0.15, -0.1) is 0 Å². The third-order valence-electron chi connectivity index (χ3n) is 4.35. The molecule has 13 nitrogen and oxygen atoms in total. The third kappa shape index (κ3) is 5.49. The molecule has 0 amide bonds. The van der Waals surface area contributed by atoms with Gasteiger partial charge in [-0.2, -0.15) is 5.10 Å². The number of carboxylic acid groups (broad SMARTS) is 1. The van der Waals surface area contributed by atoms with Gasteiger partial charge in [0.15, 0.2) is 0 Å². The Balaban J connectivity index is 1.97. The predicted molar refractivity (Wildman–Crippen MR) is 122 cm³/mol. The van der Waals surface area contributed by atoms with Gasteiger partial charge in [0.25, 0.3) is 21.4 Å². The van der Waals surface area contributed by atoms with Gasteiger partial charge in [0, 0.05) is 29.8 Å². The first kappa shape index (κ1) is 23.8. The number of nitro groups is 2. The number of carbonyl (C=O) groups is 1. The Morgan fingerprint density at radius 2 is 1.59 bits per heavy atom. The summed E-state index contributed by atoms with van der Waals surface area (Å²) in [6, 6.07) is 13.7. The van der Waals surface area contributed by atoms with E-state index in [0.29, 0.717) is 5.56 Å². The fourth-order valence-corrected chi connectivity index (χ4v) is 4.05. The highest BCUT2D eigenvalue weighted by Crippen LogP contribution is 2.29. The smallest absolute Gasteiger partial charge is 0.337 e. The molecule has 0 bridgehead atoms. The number of rotatable bonds is 9. The van der Waals surface area contributed by atoms with E-state index >= 15 is 0 Å². The van der Waals surface area contributed by atoms with Gasteiger partial charge in [0.1, 0.15) is 4.90 Å². The van der Waals surface area contributed by atoms with Gasteiger partial charge in [-0.3, -0.25) is 30.4 Å². The van der Waals surface area contributed by atoms with Gasteiger partial charge in [-0.1, -0.05) is 24.3 Å². The first-order valence-electron chi connectivity index (χ1n) is 9.25. The van der Waals surface area contributed by atoms with Crippen LogP contribution in [0.1, 0.15) is 15.9 Å². The van der Waals surface area contributed by atoms with Crippen LogP contribution in [0.4, 0.5) is 22.7 Å². The Bertz CT molecular complexity index is 1420. The third-order valence-corrected chi connectivity index (χ3v) is 5.75. The molecule has 0 spiro atoms. The Morgan fingerprint density at radius 3 is 2.26 bits per heavy atom. The van der Waals surface area contributed by atoms with Crippen molar-refractivity contribution in [2.45, 2.75) is 4.90 Å². The summed E-state index contributed by atoms with van der Waals surface area (Å²) >= 11 is 0. The lowest BCUT2D eigenvalue weighted by molar-refractivity contribution is -0.385. The van der Waals surface area contributed by atoms with Crippen molar-refractivity contribution >= 4 is 45.0 Å². The number of hydrogen-bond acceptors (Lipinski definition) is 9. The summed E-state index contributed by atoms with van der Waals surface area (Å²) in [5.41, 5.74) is 1.35. The van der Waals surface area contributed by atoms with E-state index in [0.717, 1.165) is 18.2 Å². The molecule has 0 heterocycles. The molecular weight excluding hydrogens is 470 g/mol. The minimum Gasteiger partial charge on any atom is -0.478 e. The molecule has 174 valence electrons. The van der Waals surface area contributed by atoms with E-state index < -0.39 is 36.4 Å². The molecule has 0 aliphatic carbocycles. The molecule has 0 saturated carbocycles. The second-order valence-corrected chi connectivity index (χ2v) is 8.27.